The van der Waals surface area contributed by atoms with Gasteiger partial charge in [-0.3, -0.25) is 4.90 Å². The van der Waals surface area contributed by atoms with Gasteiger partial charge in [0.15, 0.2) is 0 Å². The van der Waals surface area contributed by atoms with Crippen LogP contribution in [0.15, 0.2) is 18.2 Å². The molecule has 0 saturated heterocycles. The van der Waals surface area contributed by atoms with Crippen molar-refractivity contribution in [2.24, 2.45) is 0 Å². The van der Waals surface area contributed by atoms with E-state index in [2.05, 4.69) is 20.8 Å². The lowest BCUT2D eigenvalue weighted by molar-refractivity contribution is 0.272. The Morgan fingerprint density at radius 2 is 1.88 bits per heavy atom. The lowest BCUT2D eigenvalue weighted by Crippen LogP contribution is -2.27. The van der Waals surface area contributed by atoms with Gasteiger partial charge < -0.3 is 0 Å². The summed E-state index contributed by atoms with van der Waals surface area (Å²) in [6.45, 7) is 1.90. The van der Waals surface area contributed by atoms with E-state index in [0.717, 1.165) is 40.1 Å². The van der Waals surface area contributed by atoms with Gasteiger partial charge in [0.05, 0.1) is 0 Å². The molecule has 0 unspecified atom stereocenters. The first-order chi connectivity index (χ1) is 7.72. The molecule has 0 atom stereocenters. The average Bonchev–Trinajstić information content (AvgIpc) is 3.06. The molecule has 1 aromatic rings. The summed E-state index contributed by atoms with van der Waals surface area (Å²) in [7, 11) is 0. The van der Waals surface area contributed by atoms with Crippen LogP contribution in [-0.2, 0) is 6.54 Å². The molecule has 0 N–H and O–H groups in total. The molecule has 1 aliphatic rings. The Hall–Kier alpha value is 0.240. The fraction of sp³-hybridized carbons (Fsp3) is 0.500. The summed E-state index contributed by atoms with van der Waals surface area (Å²) in [5.41, 5.74) is 1.05. The van der Waals surface area contributed by atoms with Gasteiger partial charge in [-0.2, -0.15) is 0 Å². The van der Waals surface area contributed by atoms with Crippen LogP contribution in [0.5, 0.6) is 0 Å². The van der Waals surface area contributed by atoms with Crippen molar-refractivity contribution in [2.75, 3.05) is 11.9 Å². The molecule has 0 spiro atoms. The largest absolute Gasteiger partial charge is 0.295 e. The fourth-order valence-electron chi connectivity index (χ4n) is 1.83. The van der Waals surface area contributed by atoms with Gasteiger partial charge in [0.2, 0.25) is 0 Å². The summed E-state index contributed by atoms with van der Waals surface area (Å²) in [5, 5.41) is 2.53. The smallest absolute Gasteiger partial charge is 0.0465 e. The van der Waals surface area contributed by atoms with Crippen LogP contribution >= 0.6 is 39.1 Å². The molecule has 0 aliphatic heterocycles. The van der Waals surface area contributed by atoms with Gasteiger partial charge in [-0.15, -0.1) is 0 Å². The third kappa shape index (κ3) is 3.13. The molecule has 1 saturated carbocycles. The van der Waals surface area contributed by atoms with Gasteiger partial charge in [0.1, 0.15) is 0 Å². The van der Waals surface area contributed by atoms with Crippen molar-refractivity contribution >= 4 is 39.1 Å². The lowest BCUT2D eigenvalue weighted by atomic mass is 10.2. The topological polar surface area (TPSA) is 3.24 Å². The van der Waals surface area contributed by atoms with Crippen LogP contribution in [0.4, 0.5) is 0 Å². The van der Waals surface area contributed by atoms with Crippen LogP contribution in [0, 0.1) is 0 Å². The van der Waals surface area contributed by atoms with Crippen LogP contribution in [0.1, 0.15) is 18.4 Å². The zero-order chi connectivity index (χ0) is 11.5. The van der Waals surface area contributed by atoms with Crippen molar-refractivity contribution in [3.05, 3.63) is 33.8 Å². The first-order valence-corrected chi connectivity index (χ1v) is 7.33. The second-order valence-electron chi connectivity index (χ2n) is 4.09. The number of benzene rings is 1. The molecule has 16 heavy (non-hydrogen) atoms. The monoisotopic (exact) mass is 321 g/mol. The molecule has 0 amide bonds. The molecule has 0 aromatic heterocycles. The van der Waals surface area contributed by atoms with E-state index in [1.165, 1.54) is 12.8 Å². The second-order valence-corrected chi connectivity index (χ2v) is 5.70. The van der Waals surface area contributed by atoms with Crippen molar-refractivity contribution in [1.82, 2.24) is 4.90 Å². The Morgan fingerprint density at radius 1 is 1.25 bits per heavy atom. The van der Waals surface area contributed by atoms with Crippen molar-refractivity contribution in [3.63, 3.8) is 0 Å². The highest BCUT2D eigenvalue weighted by atomic mass is 79.9. The van der Waals surface area contributed by atoms with Crippen molar-refractivity contribution in [3.8, 4) is 0 Å². The van der Waals surface area contributed by atoms with Crippen LogP contribution in [-0.4, -0.2) is 22.8 Å². The Balaban J connectivity index is 2.11. The van der Waals surface area contributed by atoms with E-state index >= 15 is 0 Å². The highest BCUT2D eigenvalue weighted by molar-refractivity contribution is 9.09. The summed E-state index contributed by atoms with van der Waals surface area (Å²) in [6.07, 6.45) is 2.60. The summed E-state index contributed by atoms with van der Waals surface area (Å²) in [5.74, 6) is 0. The van der Waals surface area contributed by atoms with Gasteiger partial charge >= 0.3 is 0 Å². The molecule has 4 heteroatoms. The second kappa shape index (κ2) is 5.72. The van der Waals surface area contributed by atoms with Crippen LogP contribution in [0.3, 0.4) is 0 Å². The van der Waals surface area contributed by atoms with Crippen molar-refractivity contribution in [2.45, 2.75) is 25.4 Å². The zero-order valence-electron chi connectivity index (χ0n) is 8.93. The zero-order valence-corrected chi connectivity index (χ0v) is 12.0. The van der Waals surface area contributed by atoms with Crippen molar-refractivity contribution < 1.29 is 0 Å². The van der Waals surface area contributed by atoms with E-state index in [0.29, 0.717) is 0 Å². The molecule has 0 bridgehead atoms. The maximum Gasteiger partial charge on any atom is 0.0465 e. The molecule has 1 aliphatic carbocycles. The first kappa shape index (κ1) is 12.7. The molecular formula is C12H14BrCl2N. The van der Waals surface area contributed by atoms with Crippen LogP contribution < -0.4 is 0 Å². The predicted molar refractivity (Wildman–Crippen MR) is 73.7 cm³/mol. The molecule has 1 aromatic carbocycles. The first-order valence-electron chi connectivity index (χ1n) is 5.45. The maximum atomic E-state index is 6.18. The number of halogens is 3. The van der Waals surface area contributed by atoms with E-state index in [-0.39, 0.29) is 0 Å². The minimum absolute atomic E-state index is 0.727. The van der Waals surface area contributed by atoms with Gasteiger partial charge in [0.25, 0.3) is 0 Å². The van der Waals surface area contributed by atoms with E-state index in [9.17, 15) is 0 Å². The number of hydrogen-bond acceptors (Lipinski definition) is 1. The molecule has 1 fully saturated rings. The summed E-state index contributed by atoms with van der Waals surface area (Å²) < 4.78 is 0. The minimum Gasteiger partial charge on any atom is -0.295 e. The van der Waals surface area contributed by atoms with Gasteiger partial charge in [0, 0.05) is 40.1 Å². The standard InChI is InChI=1S/C12H14BrCl2N/c13-6-7-16(9-4-5-9)8-10-11(14)2-1-3-12(10)15/h1-3,9H,4-8H2. The van der Waals surface area contributed by atoms with Gasteiger partial charge in [-0.05, 0) is 25.0 Å². The number of nitrogens with zero attached hydrogens (tertiary/aromatic N) is 1. The summed E-state index contributed by atoms with van der Waals surface area (Å²) >= 11 is 15.8. The highest BCUT2D eigenvalue weighted by Crippen LogP contribution is 2.32. The third-order valence-corrected chi connectivity index (χ3v) is 3.92. The Labute approximate surface area is 115 Å². The Morgan fingerprint density at radius 3 is 2.38 bits per heavy atom. The summed E-state index contributed by atoms with van der Waals surface area (Å²) in [4.78, 5) is 2.45. The van der Waals surface area contributed by atoms with E-state index in [1.807, 2.05) is 18.2 Å². The van der Waals surface area contributed by atoms with E-state index in [4.69, 9.17) is 23.2 Å². The molecule has 2 rings (SSSR count). The fourth-order valence-corrected chi connectivity index (χ4v) is 2.80. The van der Waals surface area contributed by atoms with E-state index in [1.54, 1.807) is 0 Å². The van der Waals surface area contributed by atoms with Crippen molar-refractivity contribution in [1.29, 1.82) is 0 Å². The Kier molecular flexibility index (Phi) is 4.54. The number of alkyl halides is 1. The SMILES string of the molecule is Clc1cccc(Cl)c1CN(CCBr)C1CC1. The van der Waals surface area contributed by atoms with Crippen LogP contribution in [0.2, 0.25) is 10.0 Å². The minimum atomic E-state index is 0.727. The lowest BCUT2D eigenvalue weighted by Gasteiger charge is -2.22. The number of hydrogen-bond donors (Lipinski definition) is 0. The van der Waals surface area contributed by atoms with Gasteiger partial charge in [-0.25, -0.2) is 0 Å². The predicted octanol–water partition coefficient (Wildman–Crippen LogP) is 4.35. The normalized spacial score (nSPS) is 15.8. The molecule has 1 nitrogen and oxygen atoms in total. The maximum absolute atomic E-state index is 6.18. The highest BCUT2D eigenvalue weighted by Gasteiger charge is 2.29. The van der Waals surface area contributed by atoms with Crippen LogP contribution in [0.25, 0.3) is 0 Å². The molecule has 88 valence electrons. The quantitative estimate of drug-likeness (QED) is 0.728. The Bertz CT molecular complexity index is 346. The average molecular weight is 323 g/mol. The third-order valence-electron chi connectivity index (χ3n) is 2.86. The number of rotatable bonds is 5. The molecule has 0 heterocycles. The van der Waals surface area contributed by atoms with E-state index < -0.39 is 0 Å². The molecular weight excluding hydrogens is 309 g/mol. The summed E-state index contributed by atoms with van der Waals surface area (Å²) in [6, 6.07) is 6.43. The van der Waals surface area contributed by atoms with Gasteiger partial charge in [-0.1, -0.05) is 45.2 Å². The molecule has 0 radical (unpaired) electrons.